The van der Waals surface area contributed by atoms with Gasteiger partial charge in [-0.3, -0.25) is 4.79 Å². The van der Waals surface area contributed by atoms with E-state index in [4.69, 9.17) is 4.74 Å². The van der Waals surface area contributed by atoms with Crippen molar-refractivity contribution >= 4 is 11.6 Å². The van der Waals surface area contributed by atoms with Crippen molar-refractivity contribution in [3.8, 4) is 0 Å². The van der Waals surface area contributed by atoms with E-state index in [9.17, 15) is 4.79 Å². The van der Waals surface area contributed by atoms with Crippen molar-refractivity contribution in [2.75, 3.05) is 26.3 Å². The molecule has 26 heavy (non-hydrogen) atoms. The van der Waals surface area contributed by atoms with Crippen molar-refractivity contribution in [2.45, 2.75) is 13.3 Å². The third-order valence-electron chi connectivity index (χ3n) is 4.43. The van der Waals surface area contributed by atoms with Crippen molar-refractivity contribution in [3.63, 3.8) is 0 Å². The largest absolute Gasteiger partial charge is 0.379 e. The van der Waals surface area contributed by atoms with Gasteiger partial charge in [-0.2, -0.15) is 5.10 Å². The Morgan fingerprint density at radius 1 is 1.27 bits per heavy atom. The van der Waals surface area contributed by atoms with E-state index in [1.165, 1.54) is 0 Å². The van der Waals surface area contributed by atoms with Gasteiger partial charge in [0.25, 0.3) is 5.91 Å². The minimum Gasteiger partial charge on any atom is -0.379 e. The molecule has 1 aliphatic heterocycles. The van der Waals surface area contributed by atoms with Crippen LogP contribution in [0.2, 0.25) is 0 Å². The van der Waals surface area contributed by atoms with Gasteiger partial charge in [-0.1, -0.05) is 0 Å². The van der Waals surface area contributed by atoms with Gasteiger partial charge < -0.3 is 9.64 Å². The fourth-order valence-electron chi connectivity index (χ4n) is 3.19. The summed E-state index contributed by atoms with van der Waals surface area (Å²) in [5.41, 5.74) is 2.20. The Morgan fingerprint density at radius 2 is 2.19 bits per heavy atom. The Balaban J connectivity index is 1.49. The van der Waals surface area contributed by atoms with Crippen molar-refractivity contribution in [2.24, 2.45) is 5.92 Å². The molecular weight excluding hydrogens is 332 g/mol. The molecule has 0 N–H and O–H groups in total. The first kappa shape index (κ1) is 16.6. The molecule has 1 fully saturated rings. The van der Waals surface area contributed by atoms with Gasteiger partial charge in [-0.05, 0) is 31.5 Å². The van der Waals surface area contributed by atoms with Gasteiger partial charge in [-0.25, -0.2) is 19.5 Å². The van der Waals surface area contributed by atoms with Crippen LogP contribution < -0.4 is 0 Å². The van der Waals surface area contributed by atoms with Gasteiger partial charge in [0.15, 0.2) is 5.65 Å². The maximum absolute atomic E-state index is 12.8. The molecule has 3 aromatic heterocycles. The molecule has 134 valence electrons. The average molecular weight is 352 g/mol. The van der Waals surface area contributed by atoms with Crippen LogP contribution >= 0.6 is 0 Å². The molecule has 8 heteroatoms. The van der Waals surface area contributed by atoms with E-state index in [1.807, 2.05) is 23.2 Å². The highest BCUT2D eigenvalue weighted by atomic mass is 16.5. The second kappa shape index (κ2) is 7.17. The normalized spacial score (nSPS) is 18.0. The molecule has 0 spiro atoms. The van der Waals surface area contributed by atoms with Gasteiger partial charge in [0, 0.05) is 37.6 Å². The first-order valence-corrected chi connectivity index (χ1v) is 8.65. The lowest BCUT2D eigenvalue weighted by Crippen LogP contribution is -2.37. The first-order chi connectivity index (χ1) is 12.7. The monoisotopic (exact) mass is 352 g/mol. The summed E-state index contributed by atoms with van der Waals surface area (Å²) in [6.45, 7) is 4.09. The molecule has 1 amide bonds. The van der Waals surface area contributed by atoms with Crippen LogP contribution in [0.4, 0.5) is 0 Å². The Bertz CT molecular complexity index is 925. The van der Waals surface area contributed by atoms with E-state index in [-0.39, 0.29) is 11.8 Å². The van der Waals surface area contributed by atoms with Gasteiger partial charge in [0.1, 0.15) is 11.5 Å². The van der Waals surface area contributed by atoms with E-state index < -0.39 is 0 Å². The lowest BCUT2D eigenvalue weighted by Gasteiger charge is -2.23. The summed E-state index contributed by atoms with van der Waals surface area (Å²) in [5.74, 6) is 0.693. The van der Waals surface area contributed by atoms with Crippen molar-refractivity contribution in [1.82, 2.24) is 29.5 Å². The number of amides is 1. The number of aryl methyl sites for hydroxylation is 1. The highest BCUT2D eigenvalue weighted by Gasteiger charge is 2.25. The standard InChI is InChI=1S/C18H20N6O2/c1-13-19-5-4-16(21-13)18(25)23-8-9-26-12-14(11-23)10-15-2-3-17-20-6-7-24(17)22-15/h2-7,14H,8-12H2,1H3/t14-/m0/s1. The molecule has 1 aliphatic rings. The summed E-state index contributed by atoms with van der Waals surface area (Å²) in [6.07, 6.45) is 5.91. The maximum Gasteiger partial charge on any atom is 0.272 e. The molecule has 4 rings (SSSR count). The zero-order valence-electron chi connectivity index (χ0n) is 14.6. The lowest BCUT2D eigenvalue weighted by molar-refractivity contribution is 0.0731. The Kier molecular flexibility index (Phi) is 4.57. The molecule has 1 atom stereocenters. The van der Waals surface area contributed by atoms with E-state index >= 15 is 0 Å². The number of rotatable bonds is 3. The van der Waals surface area contributed by atoms with E-state index in [1.54, 1.807) is 29.9 Å². The fraction of sp³-hybridized carbons (Fsp3) is 0.389. The summed E-state index contributed by atoms with van der Waals surface area (Å²) < 4.78 is 7.48. The van der Waals surface area contributed by atoms with Crippen LogP contribution in [-0.4, -0.2) is 61.7 Å². The number of carbonyl (C=O) groups excluding carboxylic acids is 1. The summed E-state index contributed by atoms with van der Waals surface area (Å²) in [4.78, 5) is 27.1. The quantitative estimate of drug-likeness (QED) is 0.703. The summed E-state index contributed by atoms with van der Waals surface area (Å²) in [6, 6.07) is 5.59. The summed E-state index contributed by atoms with van der Waals surface area (Å²) in [7, 11) is 0. The van der Waals surface area contributed by atoms with Crippen LogP contribution in [0.25, 0.3) is 5.65 Å². The highest BCUT2D eigenvalue weighted by Crippen LogP contribution is 2.15. The van der Waals surface area contributed by atoms with Crippen molar-refractivity contribution < 1.29 is 9.53 Å². The average Bonchev–Trinajstić information content (AvgIpc) is 2.99. The van der Waals surface area contributed by atoms with Crippen LogP contribution in [0.5, 0.6) is 0 Å². The van der Waals surface area contributed by atoms with Crippen LogP contribution in [0.15, 0.2) is 36.8 Å². The number of aromatic nitrogens is 5. The number of imidazole rings is 1. The maximum atomic E-state index is 12.8. The fourth-order valence-corrected chi connectivity index (χ4v) is 3.19. The van der Waals surface area contributed by atoms with E-state index in [0.717, 1.165) is 17.8 Å². The minimum atomic E-state index is -0.0796. The molecular formula is C18H20N6O2. The first-order valence-electron chi connectivity index (χ1n) is 8.65. The topological polar surface area (TPSA) is 85.5 Å². The SMILES string of the molecule is Cc1nccc(C(=O)N2CCOC[C@@H](Cc3ccc4nccn4n3)C2)n1. The number of hydrogen-bond acceptors (Lipinski definition) is 6. The van der Waals surface area contributed by atoms with Crippen molar-refractivity contribution in [3.05, 3.63) is 54.0 Å². The van der Waals surface area contributed by atoms with Gasteiger partial charge in [-0.15, -0.1) is 0 Å². The summed E-state index contributed by atoms with van der Waals surface area (Å²) >= 11 is 0. The molecule has 8 nitrogen and oxygen atoms in total. The minimum absolute atomic E-state index is 0.0796. The van der Waals surface area contributed by atoms with Crippen molar-refractivity contribution in [1.29, 1.82) is 0 Å². The molecule has 0 saturated carbocycles. The van der Waals surface area contributed by atoms with E-state index in [2.05, 4.69) is 20.1 Å². The van der Waals surface area contributed by atoms with Crippen LogP contribution in [-0.2, 0) is 11.2 Å². The molecule has 3 aromatic rings. The molecule has 4 heterocycles. The zero-order valence-corrected chi connectivity index (χ0v) is 14.6. The number of nitrogens with zero attached hydrogens (tertiary/aromatic N) is 6. The van der Waals surface area contributed by atoms with Crippen LogP contribution in [0.3, 0.4) is 0 Å². The van der Waals surface area contributed by atoms with Crippen LogP contribution in [0.1, 0.15) is 22.0 Å². The van der Waals surface area contributed by atoms with Gasteiger partial charge in [0.05, 0.1) is 18.9 Å². The highest BCUT2D eigenvalue weighted by molar-refractivity contribution is 5.92. The second-order valence-corrected chi connectivity index (χ2v) is 6.44. The molecule has 0 aliphatic carbocycles. The Labute approximate surface area is 150 Å². The number of fused-ring (bicyclic) bond motifs is 1. The third-order valence-corrected chi connectivity index (χ3v) is 4.43. The molecule has 0 radical (unpaired) electrons. The Hall–Kier alpha value is -2.87. The Morgan fingerprint density at radius 3 is 3.08 bits per heavy atom. The zero-order chi connectivity index (χ0) is 17.9. The summed E-state index contributed by atoms with van der Waals surface area (Å²) in [5, 5.41) is 4.57. The van der Waals surface area contributed by atoms with Gasteiger partial charge >= 0.3 is 0 Å². The molecule has 0 aromatic carbocycles. The van der Waals surface area contributed by atoms with Gasteiger partial charge in [0.2, 0.25) is 0 Å². The van der Waals surface area contributed by atoms with Crippen LogP contribution in [0, 0.1) is 12.8 Å². The molecule has 1 saturated heterocycles. The molecule has 0 bridgehead atoms. The van der Waals surface area contributed by atoms with E-state index in [0.29, 0.717) is 37.8 Å². The lowest BCUT2D eigenvalue weighted by atomic mass is 10.0. The number of carbonyl (C=O) groups is 1. The predicted octanol–water partition coefficient (Wildman–Crippen LogP) is 1.16. The number of ether oxygens (including phenoxy) is 1. The molecule has 0 unspecified atom stereocenters. The smallest absolute Gasteiger partial charge is 0.272 e. The third kappa shape index (κ3) is 3.55. The predicted molar refractivity (Wildman–Crippen MR) is 93.7 cm³/mol. The second-order valence-electron chi connectivity index (χ2n) is 6.44. The number of hydrogen-bond donors (Lipinski definition) is 0.